The lowest BCUT2D eigenvalue weighted by Crippen LogP contribution is -2.25. The van der Waals surface area contributed by atoms with Gasteiger partial charge >= 0.3 is 0 Å². The van der Waals surface area contributed by atoms with Gasteiger partial charge in [0.25, 0.3) is 0 Å². The van der Waals surface area contributed by atoms with E-state index in [9.17, 15) is 0 Å². The van der Waals surface area contributed by atoms with Crippen LogP contribution in [0.2, 0.25) is 0 Å². The zero-order chi connectivity index (χ0) is 14.5. The molecule has 2 rings (SSSR count). The van der Waals surface area contributed by atoms with E-state index in [1.165, 1.54) is 11.1 Å². The number of benzene rings is 1. The lowest BCUT2D eigenvalue weighted by molar-refractivity contribution is 0.505. The molecule has 2 aromatic rings. The van der Waals surface area contributed by atoms with E-state index in [1.807, 2.05) is 11.7 Å². The van der Waals surface area contributed by atoms with Crippen LogP contribution in [-0.2, 0) is 13.5 Å². The van der Waals surface area contributed by atoms with Crippen molar-refractivity contribution in [3.05, 3.63) is 46.0 Å². The second-order valence-corrected chi connectivity index (χ2v) is 5.89. The number of hydrogen-bond donors (Lipinski definition) is 1. The Kier molecular flexibility index (Phi) is 5.31. The van der Waals surface area contributed by atoms with Gasteiger partial charge in [0.1, 0.15) is 12.2 Å². The van der Waals surface area contributed by atoms with Crippen LogP contribution in [0.3, 0.4) is 0 Å². The van der Waals surface area contributed by atoms with Crippen molar-refractivity contribution in [3.63, 3.8) is 0 Å². The summed E-state index contributed by atoms with van der Waals surface area (Å²) in [5.41, 5.74) is 2.55. The highest BCUT2D eigenvalue weighted by atomic mass is 79.9. The van der Waals surface area contributed by atoms with E-state index in [-0.39, 0.29) is 6.04 Å². The second-order valence-electron chi connectivity index (χ2n) is 5.04. The van der Waals surface area contributed by atoms with Gasteiger partial charge in [-0.3, -0.25) is 4.68 Å². The first kappa shape index (κ1) is 15.2. The number of aromatic nitrogens is 3. The number of hydrogen-bond acceptors (Lipinski definition) is 3. The minimum atomic E-state index is 0.243. The highest BCUT2D eigenvalue weighted by Crippen LogP contribution is 2.26. The summed E-state index contributed by atoms with van der Waals surface area (Å²) >= 11 is 3.66. The predicted octanol–water partition coefficient (Wildman–Crippen LogP) is 3.17. The predicted molar refractivity (Wildman–Crippen MR) is 84.6 cm³/mol. The minimum absolute atomic E-state index is 0.243. The first-order valence-corrected chi connectivity index (χ1v) is 7.73. The van der Waals surface area contributed by atoms with Crippen molar-refractivity contribution in [2.45, 2.75) is 32.7 Å². The molecule has 0 bridgehead atoms. The molecule has 0 aliphatic heterocycles. The van der Waals surface area contributed by atoms with Crippen molar-refractivity contribution < 1.29 is 0 Å². The second kappa shape index (κ2) is 6.99. The van der Waals surface area contributed by atoms with Crippen LogP contribution in [0.15, 0.2) is 29.0 Å². The molecule has 1 atom stereocenters. The molecule has 0 aliphatic carbocycles. The molecule has 0 spiro atoms. The zero-order valence-electron chi connectivity index (χ0n) is 12.2. The normalized spacial score (nSPS) is 12.6. The molecule has 5 heteroatoms. The van der Waals surface area contributed by atoms with E-state index in [2.05, 4.69) is 63.4 Å². The first-order valence-electron chi connectivity index (χ1n) is 6.94. The lowest BCUT2D eigenvalue weighted by atomic mass is 10.0. The molecule has 1 heterocycles. The Hall–Kier alpha value is -1.20. The van der Waals surface area contributed by atoms with Gasteiger partial charge < -0.3 is 5.32 Å². The Labute approximate surface area is 128 Å². The number of nitrogens with one attached hydrogen (secondary N) is 1. The highest BCUT2D eigenvalue weighted by molar-refractivity contribution is 9.10. The maximum atomic E-state index is 4.34. The Morgan fingerprint density at radius 3 is 2.85 bits per heavy atom. The molecule has 0 amide bonds. The van der Waals surface area contributed by atoms with Crippen LogP contribution in [0.1, 0.15) is 36.3 Å². The third kappa shape index (κ3) is 3.67. The van der Waals surface area contributed by atoms with Gasteiger partial charge in [0.05, 0.1) is 0 Å². The Bertz CT molecular complexity index is 565. The summed E-state index contributed by atoms with van der Waals surface area (Å²) in [5, 5.41) is 7.76. The van der Waals surface area contributed by atoms with Crippen LogP contribution < -0.4 is 5.32 Å². The first-order chi connectivity index (χ1) is 9.61. The van der Waals surface area contributed by atoms with Crippen LogP contribution in [0.4, 0.5) is 0 Å². The van der Waals surface area contributed by atoms with Crippen molar-refractivity contribution in [3.8, 4) is 0 Å². The maximum absolute atomic E-state index is 4.34. The quantitative estimate of drug-likeness (QED) is 0.880. The summed E-state index contributed by atoms with van der Waals surface area (Å²) in [7, 11) is 1.94. The van der Waals surface area contributed by atoms with Crippen LogP contribution in [0, 0.1) is 6.92 Å². The van der Waals surface area contributed by atoms with E-state index in [1.54, 1.807) is 6.33 Å². The lowest BCUT2D eigenvalue weighted by Gasteiger charge is -2.20. The summed E-state index contributed by atoms with van der Waals surface area (Å²) in [6, 6.07) is 6.70. The van der Waals surface area contributed by atoms with Crippen molar-refractivity contribution >= 4 is 15.9 Å². The van der Waals surface area contributed by atoms with Crippen molar-refractivity contribution in [2.24, 2.45) is 7.05 Å². The average molecular weight is 337 g/mol. The third-order valence-electron chi connectivity index (χ3n) is 3.36. The fraction of sp³-hybridized carbons (Fsp3) is 0.467. The number of aryl methyl sites for hydroxylation is 2. The van der Waals surface area contributed by atoms with Gasteiger partial charge in [-0.1, -0.05) is 40.5 Å². The van der Waals surface area contributed by atoms with Gasteiger partial charge in [-0.15, -0.1) is 0 Å². The van der Waals surface area contributed by atoms with Gasteiger partial charge in [0.15, 0.2) is 0 Å². The van der Waals surface area contributed by atoms with E-state index >= 15 is 0 Å². The summed E-state index contributed by atoms with van der Waals surface area (Å²) in [6.45, 7) is 5.29. The molecule has 1 aromatic heterocycles. The Morgan fingerprint density at radius 2 is 2.20 bits per heavy atom. The smallest absolute Gasteiger partial charge is 0.138 e. The minimum Gasteiger partial charge on any atom is -0.310 e. The molecule has 108 valence electrons. The molecule has 0 fully saturated rings. The third-order valence-corrected chi connectivity index (χ3v) is 4.08. The Morgan fingerprint density at radius 1 is 1.40 bits per heavy atom. The summed E-state index contributed by atoms with van der Waals surface area (Å²) in [6.07, 6.45) is 3.55. The molecule has 0 saturated heterocycles. The molecule has 1 aromatic carbocycles. The summed E-state index contributed by atoms with van der Waals surface area (Å²) in [5.74, 6) is 0.993. The molecule has 0 saturated carbocycles. The number of nitrogens with zero attached hydrogens (tertiary/aromatic N) is 3. The van der Waals surface area contributed by atoms with Crippen LogP contribution in [-0.4, -0.2) is 21.3 Å². The van der Waals surface area contributed by atoms with Crippen molar-refractivity contribution in [2.75, 3.05) is 6.54 Å². The van der Waals surface area contributed by atoms with E-state index in [0.717, 1.165) is 29.7 Å². The SMILES string of the molecule is CCCNC(Cc1ncnn1C)c1cc(C)ccc1Br. The zero-order valence-corrected chi connectivity index (χ0v) is 13.8. The number of rotatable bonds is 6. The molecular formula is C15H21BrN4. The number of halogens is 1. The summed E-state index contributed by atoms with van der Waals surface area (Å²) in [4.78, 5) is 4.34. The molecule has 0 aliphatic rings. The monoisotopic (exact) mass is 336 g/mol. The van der Waals surface area contributed by atoms with Crippen LogP contribution in [0.5, 0.6) is 0 Å². The molecular weight excluding hydrogens is 316 g/mol. The van der Waals surface area contributed by atoms with Gasteiger partial charge in [-0.25, -0.2) is 4.98 Å². The molecule has 1 unspecified atom stereocenters. The largest absolute Gasteiger partial charge is 0.310 e. The van der Waals surface area contributed by atoms with E-state index in [4.69, 9.17) is 0 Å². The fourth-order valence-corrected chi connectivity index (χ4v) is 2.75. The molecule has 20 heavy (non-hydrogen) atoms. The van der Waals surface area contributed by atoms with E-state index in [0.29, 0.717) is 0 Å². The molecule has 1 N–H and O–H groups in total. The van der Waals surface area contributed by atoms with Gasteiger partial charge in [0.2, 0.25) is 0 Å². The van der Waals surface area contributed by atoms with Crippen LogP contribution in [0.25, 0.3) is 0 Å². The fourth-order valence-electron chi connectivity index (χ4n) is 2.23. The van der Waals surface area contributed by atoms with Crippen LogP contribution >= 0.6 is 15.9 Å². The summed E-state index contributed by atoms with van der Waals surface area (Å²) < 4.78 is 2.98. The van der Waals surface area contributed by atoms with Crippen molar-refractivity contribution in [1.29, 1.82) is 0 Å². The Balaban J connectivity index is 2.27. The average Bonchev–Trinajstić information content (AvgIpc) is 2.83. The van der Waals surface area contributed by atoms with Gasteiger partial charge in [-0.05, 0) is 31.5 Å². The highest BCUT2D eigenvalue weighted by Gasteiger charge is 2.17. The maximum Gasteiger partial charge on any atom is 0.138 e. The van der Waals surface area contributed by atoms with Crippen molar-refractivity contribution in [1.82, 2.24) is 20.1 Å². The van der Waals surface area contributed by atoms with Gasteiger partial charge in [0, 0.05) is 24.0 Å². The topological polar surface area (TPSA) is 42.7 Å². The van der Waals surface area contributed by atoms with E-state index < -0.39 is 0 Å². The molecule has 0 radical (unpaired) electrons. The van der Waals surface area contributed by atoms with Gasteiger partial charge in [-0.2, -0.15) is 5.10 Å². The molecule has 4 nitrogen and oxygen atoms in total. The standard InChI is InChI=1S/C15H21BrN4/c1-4-7-17-14(9-15-18-10-19-20(15)3)12-8-11(2)5-6-13(12)16/h5-6,8,10,14,17H,4,7,9H2,1-3H3.